The van der Waals surface area contributed by atoms with Crippen LogP contribution in [-0.4, -0.2) is 47.7 Å². The minimum absolute atomic E-state index is 0.0526. The molecule has 1 aliphatic heterocycles. The molecule has 0 aliphatic carbocycles. The van der Waals surface area contributed by atoms with Crippen molar-refractivity contribution in [2.24, 2.45) is 11.5 Å². The molecule has 0 bridgehead atoms. The van der Waals surface area contributed by atoms with E-state index in [9.17, 15) is 14.4 Å². The molecule has 1 rings (SSSR count). The van der Waals surface area contributed by atoms with Crippen molar-refractivity contribution >= 4 is 17.8 Å². The number of aliphatic carboxylic acids is 1. The summed E-state index contributed by atoms with van der Waals surface area (Å²) in [5.41, 5.74) is 9.77. The fraction of sp³-hybridized carbons (Fsp3) is 0.727. The van der Waals surface area contributed by atoms with Crippen LogP contribution in [0.5, 0.6) is 0 Å². The largest absolute Gasteiger partial charge is 0.480 e. The maximum Gasteiger partial charge on any atom is 0.326 e. The number of ether oxygens (including phenoxy) is 1. The number of carbonyl (C=O) groups excluding carboxylic acids is 2. The first-order valence-corrected chi connectivity index (χ1v) is 6.04. The molecule has 1 fully saturated rings. The summed E-state index contributed by atoms with van der Waals surface area (Å²) in [5, 5.41) is 11.3. The van der Waals surface area contributed by atoms with Crippen LogP contribution in [0.15, 0.2) is 0 Å². The van der Waals surface area contributed by atoms with Gasteiger partial charge in [-0.1, -0.05) is 0 Å². The lowest BCUT2D eigenvalue weighted by Crippen LogP contribution is -2.59. The van der Waals surface area contributed by atoms with Gasteiger partial charge in [0.15, 0.2) is 0 Å². The summed E-state index contributed by atoms with van der Waals surface area (Å²) < 4.78 is 5.11. The number of nitrogens with one attached hydrogen (secondary N) is 1. The third kappa shape index (κ3) is 4.49. The normalized spacial score (nSPS) is 19.4. The molecule has 0 spiro atoms. The molecule has 2 amide bonds. The number of carboxylic acid groups (broad SMARTS) is 1. The van der Waals surface area contributed by atoms with E-state index >= 15 is 0 Å². The van der Waals surface area contributed by atoms with Gasteiger partial charge in [-0.05, 0) is 19.3 Å². The number of amides is 2. The van der Waals surface area contributed by atoms with E-state index in [0.717, 1.165) is 0 Å². The van der Waals surface area contributed by atoms with E-state index < -0.39 is 29.4 Å². The van der Waals surface area contributed by atoms with Crippen LogP contribution in [-0.2, 0) is 19.1 Å². The smallest absolute Gasteiger partial charge is 0.326 e. The van der Waals surface area contributed by atoms with Gasteiger partial charge < -0.3 is 26.6 Å². The first-order valence-electron chi connectivity index (χ1n) is 6.04. The van der Waals surface area contributed by atoms with Gasteiger partial charge in [0, 0.05) is 19.6 Å². The molecule has 1 saturated heterocycles. The highest BCUT2D eigenvalue weighted by Gasteiger charge is 2.37. The van der Waals surface area contributed by atoms with Crippen molar-refractivity contribution in [3.63, 3.8) is 0 Å². The molecular formula is C11H19N3O5. The predicted molar refractivity (Wildman–Crippen MR) is 65.0 cm³/mol. The number of rotatable bonds is 6. The van der Waals surface area contributed by atoms with E-state index in [2.05, 4.69) is 5.32 Å². The molecule has 0 aromatic heterocycles. The van der Waals surface area contributed by atoms with Crippen LogP contribution in [0, 0.1) is 0 Å². The Labute approximate surface area is 110 Å². The Kier molecular flexibility index (Phi) is 5.25. The summed E-state index contributed by atoms with van der Waals surface area (Å²) in [6, 6.07) is -1.16. The zero-order valence-corrected chi connectivity index (χ0v) is 10.6. The van der Waals surface area contributed by atoms with Crippen molar-refractivity contribution in [2.75, 3.05) is 13.2 Å². The quantitative estimate of drug-likeness (QED) is 0.455. The molecule has 8 heteroatoms. The second-order valence-electron chi connectivity index (χ2n) is 4.64. The number of hydrogen-bond donors (Lipinski definition) is 4. The zero-order chi connectivity index (χ0) is 14.5. The molecule has 0 radical (unpaired) electrons. The summed E-state index contributed by atoms with van der Waals surface area (Å²) >= 11 is 0. The van der Waals surface area contributed by atoms with Gasteiger partial charge in [0.25, 0.3) is 0 Å². The topological polar surface area (TPSA) is 145 Å². The Hall–Kier alpha value is -1.67. The Morgan fingerprint density at radius 2 is 1.89 bits per heavy atom. The van der Waals surface area contributed by atoms with Gasteiger partial charge in [0.2, 0.25) is 11.8 Å². The number of hydrogen-bond acceptors (Lipinski definition) is 5. The third-order valence-electron chi connectivity index (χ3n) is 3.12. The molecule has 0 saturated carbocycles. The molecule has 1 atom stereocenters. The minimum Gasteiger partial charge on any atom is -0.480 e. The summed E-state index contributed by atoms with van der Waals surface area (Å²) in [7, 11) is 0. The number of primary amides is 1. The van der Waals surface area contributed by atoms with E-state index in [1.54, 1.807) is 0 Å². The van der Waals surface area contributed by atoms with E-state index in [1.165, 1.54) is 0 Å². The highest BCUT2D eigenvalue weighted by molar-refractivity contribution is 5.90. The Morgan fingerprint density at radius 3 is 2.37 bits per heavy atom. The SMILES string of the molecule is NC(=O)CC[C@H](NC(=O)C1(N)CCOCC1)C(=O)O. The lowest BCUT2D eigenvalue weighted by Gasteiger charge is -2.32. The van der Waals surface area contributed by atoms with E-state index in [-0.39, 0.29) is 12.8 Å². The number of carbonyl (C=O) groups is 3. The van der Waals surface area contributed by atoms with Crippen LogP contribution < -0.4 is 16.8 Å². The van der Waals surface area contributed by atoms with E-state index in [0.29, 0.717) is 26.1 Å². The van der Waals surface area contributed by atoms with Crippen molar-refractivity contribution in [3.8, 4) is 0 Å². The first kappa shape index (κ1) is 15.4. The van der Waals surface area contributed by atoms with E-state index in [1.807, 2.05) is 0 Å². The molecule has 1 heterocycles. The van der Waals surface area contributed by atoms with Crippen molar-refractivity contribution in [1.29, 1.82) is 0 Å². The first-order chi connectivity index (χ1) is 8.85. The van der Waals surface area contributed by atoms with E-state index in [4.69, 9.17) is 21.3 Å². The Morgan fingerprint density at radius 1 is 1.32 bits per heavy atom. The fourth-order valence-electron chi connectivity index (χ4n) is 1.81. The van der Waals surface area contributed by atoms with Gasteiger partial charge in [-0.2, -0.15) is 0 Å². The Balaban J connectivity index is 2.59. The van der Waals surface area contributed by atoms with Crippen molar-refractivity contribution in [1.82, 2.24) is 5.32 Å². The lowest BCUT2D eigenvalue weighted by atomic mass is 9.90. The molecule has 108 valence electrons. The summed E-state index contributed by atoms with van der Waals surface area (Å²) in [5.74, 6) is -2.37. The van der Waals surface area contributed by atoms with Crippen molar-refractivity contribution in [2.45, 2.75) is 37.3 Å². The molecular weight excluding hydrogens is 254 g/mol. The van der Waals surface area contributed by atoms with Crippen LogP contribution >= 0.6 is 0 Å². The fourth-order valence-corrected chi connectivity index (χ4v) is 1.81. The van der Waals surface area contributed by atoms with Gasteiger partial charge in [0.05, 0.1) is 5.54 Å². The molecule has 6 N–H and O–H groups in total. The van der Waals surface area contributed by atoms with Crippen LogP contribution in [0.4, 0.5) is 0 Å². The van der Waals surface area contributed by atoms with Crippen molar-refractivity contribution in [3.05, 3.63) is 0 Å². The maximum atomic E-state index is 12.0. The molecule has 0 unspecified atom stereocenters. The van der Waals surface area contributed by atoms with Crippen LogP contribution in [0.25, 0.3) is 0 Å². The van der Waals surface area contributed by atoms with Gasteiger partial charge in [-0.25, -0.2) is 4.79 Å². The monoisotopic (exact) mass is 273 g/mol. The van der Waals surface area contributed by atoms with Gasteiger partial charge in [0.1, 0.15) is 6.04 Å². The van der Waals surface area contributed by atoms with Crippen molar-refractivity contribution < 1.29 is 24.2 Å². The third-order valence-corrected chi connectivity index (χ3v) is 3.12. The highest BCUT2D eigenvalue weighted by atomic mass is 16.5. The number of carboxylic acids is 1. The average molecular weight is 273 g/mol. The van der Waals surface area contributed by atoms with Crippen LogP contribution in [0.3, 0.4) is 0 Å². The molecule has 8 nitrogen and oxygen atoms in total. The molecule has 1 aliphatic rings. The van der Waals surface area contributed by atoms with Crippen LogP contribution in [0.2, 0.25) is 0 Å². The highest BCUT2D eigenvalue weighted by Crippen LogP contribution is 2.18. The van der Waals surface area contributed by atoms with Gasteiger partial charge in [-0.3, -0.25) is 9.59 Å². The van der Waals surface area contributed by atoms with Crippen LogP contribution in [0.1, 0.15) is 25.7 Å². The second-order valence-corrected chi connectivity index (χ2v) is 4.64. The summed E-state index contributed by atoms with van der Waals surface area (Å²) in [6.07, 6.45) is 0.503. The average Bonchev–Trinajstić information content (AvgIpc) is 2.34. The molecule has 0 aromatic carbocycles. The van der Waals surface area contributed by atoms with Gasteiger partial charge in [-0.15, -0.1) is 0 Å². The molecule has 19 heavy (non-hydrogen) atoms. The minimum atomic E-state index is -1.22. The van der Waals surface area contributed by atoms with Gasteiger partial charge >= 0.3 is 5.97 Å². The lowest BCUT2D eigenvalue weighted by molar-refractivity contribution is -0.143. The summed E-state index contributed by atoms with van der Waals surface area (Å²) in [6.45, 7) is 0.728. The summed E-state index contributed by atoms with van der Waals surface area (Å²) in [4.78, 5) is 33.7. The Bertz CT molecular complexity index is 365. The predicted octanol–water partition coefficient (Wildman–Crippen LogP) is -1.67. The second kappa shape index (κ2) is 6.48. The number of nitrogens with two attached hydrogens (primary N) is 2. The maximum absolute atomic E-state index is 12.0. The standard InChI is InChI=1S/C11H19N3O5/c12-8(15)2-1-7(9(16)17)14-10(18)11(13)3-5-19-6-4-11/h7H,1-6,13H2,(H2,12,15)(H,14,18)(H,16,17)/t7-/m0/s1. The zero-order valence-electron chi connectivity index (χ0n) is 10.6. The molecule has 0 aromatic rings.